The molecule has 0 fully saturated rings. The van der Waals surface area contributed by atoms with Gasteiger partial charge in [-0.25, -0.2) is 14.4 Å². The average molecular weight is 374 g/mol. The lowest BCUT2D eigenvalue weighted by molar-refractivity contribution is -0.145. The number of carbonyl (C=O) groups excluding carboxylic acids is 3. The van der Waals surface area contributed by atoms with Gasteiger partial charge in [-0.2, -0.15) is 0 Å². The maximum atomic E-state index is 12.4. The Balaban J connectivity index is 2.07. The van der Waals surface area contributed by atoms with Gasteiger partial charge < -0.3 is 19.3 Å². The fraction of sp³-hybridized carbons (Fsp3) is 0.450. The number of allylic oxidation sites excluding steroid dienone is 1. The van der Waals surface area contributed by atoms with Gasteiger partial charge in [-0.3, -0.25) is 0 Å². The third-order valence-electron chi connectivity index (χ3n) is 4.92. The topological polar surface area (TPSA) is 99.1 Å². The van der Waals surface area contributed by atoms with Gasteiger partial charge in [0.05, 0.1) is 12.2 Å². The van der Waals surface area contributed by atoms with Gasteiger partial charge in [0.1, 0.15) is 18.3 Å². The van der Waals surface area contributed by atoms with Crippen LogP contribution < -0.4 is 0 Å². The molecule has 0 amide bonds. The second-order valence-corrected chi connectivity index (χ2v) is 6.84. The number of carbonyl (C=O) groups is 3. The molecule has 1 N–H and O–H groups in total. The lowest BCUT2D eigenvalue weighted by Gasteiger charge is -2.23. The van der Waals surface area contributed by atoms with Crippen molar-refractivity contribution in [3.8, 4) is 0 Å². The van der Waals surface area contributed by atoms with Crippen LogP contribution in [0.25, 0.3) is 0 Å². The van der Waals surface area contributed by atoms with Crippen molar-refractivity contribution in [1.82, 2.24) is 0 Å². The zero-order valence-electron chi connectivity index (χ0n) is 15.5. The number of rotatable bonds is 3. The summed E-state index contributed by atoms with van der Waals surface area (Å²) in [5, 5.41) is 9.68. The van der Waals surface area contributed by atoms with Gasteiger partial charge in [0.15, 0.2) is 0 Å². The van der Waals surface area contributed by atoms with Crippen LogP contribution in [0.1, 0.15) is 33.6 Å². The van der Waals surface area contributed by atoms with Gasteiger partial charge in [0.2, 0.25) is 0 Å². The number of esters is 3. The van der Waals surface area contributed by atoms with Crippen molar-refractivity contribution in [2.75, 3.05) is 6.61 Å². The Morgan fingerprint density at radius 1 is 1.26 bits per heavy atom. The van der Waals surface area contributed by atoms with E-state index in [1.807, 2.05) is 6.92 Å². The summed E-state index contributed by atoms with van der Waals surface area (Å²) in [5.74, 6) is -1.68. The highest BCUT2D eigenvalue weighted by atomic mass is 16.6. The smallest absolute Gasteiger partial charge is 0.337 e. The van der Waals surface area contributed by atoms with E-state index in [1.165, 1.54) is 0 Å². The van der Waals surface area contributed by atoms with E-state index in [-0.39, 0.29) is 12.0 Å². The minimum Gasteiger partial charge on any atom is -0.454 e. The summed E-state index contributed by atoms with van der Waals surface area (Å²) in [5.41, 5.74) is 2.07. The van der Waals surface area contributed by atoms with Crippen molar-refractivity contribution in [2.45, 2.75) is 51.9 Å². The summed E-state index contributed by atoms with van der Waals surface area (Å²) in [6.45, 7) is 4.62. The first-order valence-electron chi connectivity index (χ1n) is 8.81. The molecule has 3 rings (SSSR count). The minimum absolute atomic E-state index is 0.0525. The maximum Gasteiger partial charge on any atom is 0.337 e. The molecule has 0 aromatic rings. The second kappa shape index (κ2) is 7.52. The van der Waals surface area contributed by atoms with E-state index in [1.54, 1.807) is 32.1 Å². The van der Waals surface area contributed by atoms with Crippen molar-refractivity contribution in [3.05, 3.63) is 46.1 Å². The first-order valence-corrected chi connectivity index (χ1v) is 8.81. The highest BCUT2D eigenvalue weighted by Gasteiger charge is 2.41. The molecule has 3 atom stereocenters. The molecule has 0 aromatic heterocycles. The molecule has 0 spiro atoms. The lowest BCUT2D eigenvalue weighted by Crippen LogP contribution is -2.28. The number of ether oxygens (including phenoxy) is 3. The van der Waals surface area contributed by atoms with Crippen LogP contribution in [0, 0.1) is 0 Å². The number of aliphatic hydroxyl groups is 1. The standard InChI is InChI=1S/C20H22O7/c1-4-11(3)18(22)26-16-8-12-7-13(25-19(12)23)5-10(2)6-15-17(16)14(9-21)20(24)27-15/h4,6-7,13,15-16,21H,5,8-9H2,1-3H3/b10-6+,11-4-/t13-,15-,16+/m1/s1. The molecular weight excluding hydrogens is 352 g/mol. The molecule has 27 heavy (non-hydrogen) atoms. The highest BCUT2D eigenvalue weighted by Crippen LogP contribution is 2.35. The van der Waals surface area contributed by atoms with Crippen LogP contribution in [0.4, 0.5) is 0 Å². The largest absolute Gasteiger partial charge is 0.454 e. The van der Waals surface area contributed by atoms with Crippen LogP contribution in [-0.4, -0.2) is 47.9 Å². The molecule has 0 radical (unpaired) electrons. The summed E-state index contributed by atoms with van der Waals surface area (Å²) >= 11 is 0. The number of hydrogen-bond acceptors (Lipinski definition) is 7. The number of aliphatic hydroxyl groups excluding tert-OH is 1. The molecule has 7 nitrogen and oxygen atoms in total. The zero-order valence-corrected chi connectivity index (χ0v) is 15.5. The number of fused-ring (bicyclic) bond motifs is 2. The Morgan fingerprint density at radius 3 is 2.67 bits per heavy atom. The fourth-order valence-electron chi connectivity index (χ4n) is 3.39. The molecule has 2 heterocycles. The Kier molecular flexibility index (Phi) is 5.32. The van der Waals surface area contributed by atoms with E-state index in [0.29, 0.717) is 23.1 Å². The Bertz CT molecular complexity index is 812. The molecule has 7 heteroatoms. The van der Waals surface area contributed by atoms with E-state index >= 15 is 0 Å². The normalized spacial score (nSPS) is 30.1. The van der Waals surface area contributed by atoms with Gasteiger partial charge in [-0.05, 0) is 32.9 Å². The van der Waals surface area contributed by atoms with Crippen LogP contribution >= 0.6 is 0 Å². The molecule has 0 aromatic carbocycles. The van der Waals surface area contributed by atoms with Crippen LogP contribution in [0.15, 0.2) is 46.1 Å². The van der Waals surface area contributed by atoms with E-state index in [4.69, 9.17) is 14.2 Å². The molecule has 2 bridgehead atoms. The van der Waals surface area contributed by atoms with Crippen LogP contribution in [0.3, 0.4) is 0 Å². The van der Waals surface area contributed by atoms with Crippen molar-refractivity contribution < 1.29 is 33.7 Å². The summed E-state index contributed by atoms with van der Waals surface area (Å²) in [7, 11) is 0. The van der Waals surface area contributed by atoms with Crippen molar-refractivity contribution in [2.24, 2.45) is 0 Å². The summed E-state index contributed by atoms with van der Waals surface area (Å²) in [6, 6.07) is 0. The monoisotopic (exact) mass is 374 g/mol. The second-order valence-electron chi connectivity index (χ2n) is 6.84. The molecule has 1 aliphatic carbocycles. The molecule has 0 saturated carbocycles. The first-order chi connectivity index (χ1) is 12.8. The third kappa shape index (κ3) is 3.73. The minimum atomic E-state index is -0.925. The van der Waals surface area contributed by atoms with E-state index in [9.17, 15) is 19.5 Å². The maximum absolute atomic E-state index is 12.4. The Hall–Kier alpha value is -2.67. The van der Waals surface area contributed by atoms with Crippen LogP contribution in [0.5, 0.6) is 0 Å². The zero-order chi connectivity index (χ0) is 19.7. The van der Waals surface area contributed by atoms with Crippen LogP contribution in [0.2, 0.25) is 0 Å². The third-order valence-corrected chi connectivity index (χ3v) is 4.92. The summed E-state index contributed by atoms with van der Waals surface area (Å²) in [4.78, 5) is 36.7. The SMILES string of the molecule is C/C=C(/C)C(=O)O[C@H]1CC2=C[C@@H](C/C(C)=C/[C@H]3OC(=O)C(CO)=C13)OC2=O. The van der Waals surface area contributed by atoms with Gasteiger partial charge >= 0.3 is 17.9 Å². The lowest BCUT2D eigenvalue weighted by atomic mass is 9.91. The highest BCUT2D eigenvalue weighted by molar-refractivity contribution is 5.95. The predicted octanol–water partition coefficient (Wildman–Crippen LogP) is 1.67. The van der Waals surface area contributed by atoms with E-state index in [2.05, 4.69) is 0 Å². The van der Waals surface area contributed by atoms with Gasteiger partial charge in [0.25, 0.3) is 0 Å². The number of hydrogen-bond donors (Lipinski definition) is 1. The Morgan fingerprint density at radius 2 is 2.00 bits per heavy atom. The van der Waals surface area contributed by atoms with E-state index in [0.717, 1.165) is 5.57 Å². The van der Waals surface area contributed by atoms with Crippen molar-refractivity contribution in [1.29, 1.82) is 0 Å². The van der Waals surface area contributed by atoms with Crippen LogP contribution in [-0.2, 0) is 28.6 Å². The van der Waals surface area contributed by atoms with Gasteiger partial charge in [-0.15, -0.1) is 0 Å². The predicted molar refractivity (Wildman–Crippen MR) is 94.3 cm³/mol. The van der Waals surface area contributed by atoms with Gasteiger partial charge in [0, 0.05) is 29.6 Å². The fourth-order valence-corrected chi connectivity index (χ4v) is 3.39. The quantitative estimate of drug-likeness (QED) is 0.347. The van der Waals surface area contributed by atoms with E-state index < -0.39 is 42.8 Å². The molecular formula is C20H22O7. The molecule has 2 aliphatic heterocycles. The molecule has 0 saturated heterocycles. The molecule has 0 unspecified atom stereocenters. The van der Waals surface area contributed by atoms with Gasteiger partial charge in [-0.1, -0.05) is 11.6 Å². The summed E-state index contributed by atoms with van der Waals surface area (Å²) in [6.07, 6.45) is 3.54. The molecule has 144 valence electrons. The molecule has 3 aliphatic rings. The summed E-state index contributed by atoms with van der Waals surface area (Å²) < 4.78 is 16.4. The average Bonchev–Trinajstić information content (AvgIpc) is 3.11. The first kappa shape index (κ1) is 19.1. The Labute approximate surface area is 157 Å². The van der Waals surface area contributed by atoms with Crippen molar-refractivity contribution in [3.63, 3.8) is 0 Å². The van der Waals surface area contributed by atoms with Crippen molar-refractivity contribution >= 4 is 17.9 Å².